The fourth-order valence-corrected chi connectivity index (χ4v) is 2.15. The van der Waals surface area contributed by atoms with Crippen molar-refractivity contribution in [3.8, 4) is 0 Å². The first-order valence-corrected chi connectivity index (χ1v) is 6.09. The van der Waals surface area contributed by atoms with Gasteiger partial charge in [-0.3, -0.25) is 9.78 Å². The van der Waals surface area contributed by atoms with Gasteiger partial charge in [0, 0.05) is 32.4 Å². The molecule has 1 aliphatic rings. The lowest BCUT2D eigenvalue weighted by atomic mass is 10.0. The molecular weight excluding hydrogens is 285 g/mol. The molecule has 1 N–H and O–H groups in total. The molecule has 108 valence electrons. The SMILES string of the molecule is CN(Cc1cccnc1)C(=O)CC1CCNC1.Cl.Cl. The van der Waals surface area contributed by atoms with Gasteiger partial charge in [0.1, 0.15) is 0 Å². The highest BCUT2D eigenvalue weighted by Crippen LogP contribution is 2.14. The zero-order valence-corrected chi connectivity index (χ0v) is 12.7. The van der Waals surface area contributed by atoms with Gasteiger partial charge >= 0.3 is 0 Å². The standard InChI is InChI=1S/C13H19N3O.2ClH/c1-16(10-12-3-2-5-14-9-12)13(17)7-11-4-6-15-8-11;;/h2-3,5,9,11,15H,4,6-8,10H2,1H3;2*1H. The summed E-state index contributed by atoms with van der Waals surface area (Å²) in [4.78, 5) is 17.8. The van der Waals surface area contributed by atoms with Gasteiger partial charge in [-0.2, -0.15) is 0 Å². The molecule has 0 spiro atoms. The highest BCUT2D eigenvalue weighted by atomic mass is 35.5. The van der Waals surface area contributed by atoms with Gasteiger partial charge in [-0.25, -0.2) is 0 Å². The highest BCUT2D eigenvalue weighted by molar-refractivity contribution is 5.85. The van der Waals surface area contributed by atoms with E-state index in [1.807, 2.05) is 19.2 Å². The van der Waals surface area contributed by atoms with Gasteiger partial charge in [0.15, 0.2) is 0 Å². The maximum absolute atomic E-state index is 12.0. The number of nitrogens with one attached hydrogen (secondary N) is 1. The van der Waals surface area contributed by atoms with Crippen LogP contribution in [-0.2, 0) is 11.3 Å². The van der Waals surface area contributed by atoms with Crippen LogP contribution in [-0.4, -0.2) is 35.9 Å². The number of amides is 1. The molecule has 2 rings (SSSR count). The Morgan fingerprint density at radius 2 is 2.32 bits per heavy atom. The Kier molecular flexibility index (Phi) is 8.72. The molecule has 1 atom stereocenters. The Morgan fingerprint density at radius 3 is 2.89 bits per heavy atom. The van der Waals surface area contributed by atoms with Gasteiger partial charge in [-0.05, 0) is 37.1 Å². The Labute approximate surface area is 126 Å². The van der Waals surface area contributed by atoms with Gasteiger partial charge < -0.3 is 10.2 Å². The van der Waals surface area contributed by atoms with Crippen LogP contribution in [0.1, 0.15) is 18.4 Å². The lowest BCUT2D eigenvalue weighted by molar-refractivity contribution is -0.131. The second-order valence-corrected chi connectivity index (χ2v) is 4.67. The summed E-state index contributed by atoms with van der Waals surface area (Å²) >= 11 is 0. The van der Waals surface area contributed by atoms with Crippen LogP contribution in [0.25, 0.3) is 0 Å². The monoisotopic (exact) mass is 305 g/mol. The smallest absolute Gasteiger partial charge is 0.222 e. The summed E-state index contributed by atoms with van der Waals surface area (Å²) in [6.45, 7) is 2.67. The van der Waals surface area contributed by atoms with Gasteiger partial charge in [-0.15, -0.1) is 24.8 Å². The van der Waals surface area contributed by atoms with Crippen LogP contribution >= 0.6 is 24.8 Å². The van der Waals surface area contributed by atoms with Crippen LogP contribution in [0.5, 0.6) is 0 Å². The Morgan fingerprint density at radius 1 is 1.53 bits per heavy atom. The minimum absolute atomic E-state index is 0. The van der Waals surface area contributed by atoms with E-state index in [0.29, 0.717) is 18.9 Å². The fourth-order valence-electron chi connectivity index (χ4n) is 2.15. The van der Waals surface area contributed by atoms with Crippen molar-refractivity contribution in [3.63, 3.8) is 0 Å². The van der Waals surface area contributed by atoms with Crippen molar-refractivity contribution in [1.82, 2.24) is 15.2 Å². The van der Waals surface area contributed by atoms with Crippen molar-refractivity contribution < 1.29 is 4.79 Å². The van der Waals surface area contributed by atoms with Crippen LogP contribution in [0.15, 0.2) is 24.5 Å². The van der Waals surface area contributed by atoms with Gasteiger partial charge in [0.2, 0.25) is 5.91 Å². The number of hydrogen-bond donors (Lipinski definition) is 1. The number of halogens is 2. The molecule has 1 aromatic rings. The summed E-state index contributed by atoms with van der Waals surface area (Å²) in [5.74, 6) is 0.737. The van der Waals surface area contributed by atoms with E-state index in [9.17, 15) is 4.79 Å². The quantitative estimate of drug-likeness (QED) is 0.924. The maximum atomic E-state index is 12.0. The molecule has 0 bridgehead atoms. The van der Waals surface area contributed by atoms with E-state index in [0.717, 1.165) is 25.1 Å². The highest BCUT2D eigenvalue weighted by Gasteiger charge is 2.20. The van der Waals surface area contributed by atoms with Crippen molar-refractivity contribution in [2.75, 3.05) is 20.1 Å². The van der Waals surface area contributed by atoms with E-state index in [1.54, 1.807) is 17.3 Å². The van der Waals surface area contributed by atoms with E-state index in [2.05, 4.69) is 10.3 Å². The molecule has 1 unspecified atom stereocenters. The molecule has 2 heterocycles. The lowest BCUT2D eigenvalue weighted by Crippen LogP contribution is -2.28. The van der Waals surface area contributed by atoms with Crippen LogP contribution in [0.4, 0.5) is 0 Å². The van der Waals surface area contributed by atoms with Crippen LogP contribution in [0.3, 0.4) is 0 Å². The normalized spacial score (nSPS) is 17.2. The molecule has 0 aromatic carbocycles. The zero-order chi connectivity index (χ0) is 12.1. The number of pyridine rings is 1. The molecule has 0 radical (unpaired) electrons. The summed E-state index contributed by atoms with van der Waals surface area (Å²) in [6, 6.07) is 3.89. The van der Waals surface area contributed by atoms with E-state index in [1.165, 1.54) is 0 Å². The molecule has 19 heavy (non-hydrogen) atoms. The molecule has 1 saturated heterocycles. The third-order valence-corrected chi connectivity index (χ3v) is 3.19. The third kappa shape index (κ3) is 5.76. The molecule has 4 nitrogen and oxygen atoms in total. The summed E-state index contributed by atoms with van der Waals surface area (Å²) in [5.41, 5.74) is 1.08. The predicted octanol–water partition coefficient (Wildman–Crippen LogP) is 1.88. The Hall–Kier alpha value is -0.840. The van der Waals surface area contributed by atoms with E-state index in [4.69, 9.17) is 0 Å². The fraction of sp³-hybridized carbons (Fsp3) is 0.538. The van der Waals surface area contributed by atoms with E-state index >= 15 is 0 Å². The minimum Gasteiger partial charge on any atom is -0.341 e. The molecule has 0 aliphatic carbocycles. The predicted molar refractivity (Wildman–Crippen MR) is 80.8 cm³/mol. The third-order valence-electron chi connectivity index (χ3n) is 3.19. The average Bonchev–Trinajstić information content (AvgIpc) is 2.83. The van der Waals surface area contributed by atoms with Crippen LogP contribution < -0.4 is 5.32 Å². The average molecular weight is 306 g/mol. The van der Waals surface area contributed by atoms with E-state index in [-0.39, 0.29) is 30.7 Å². The first-order valence-electron chi connectivity index (χ1n) is 6.09. The van der Waals surface area contributed by atoms with Crippen molar-refractivity contribution >= 4 is 30.7 Å². The molecule has 1 amide bonds. The summed E-state index contributed by atoms with van der Waals surface area (Å²) < 4.78 is 0. The second-order valence-electron chi connectivity index (χ2n) is 4.67. The van der Waals surface area contributed by atoms with Crippen molar-refractivity contribution in [2.24, 2.45) is 5.92 Å². The number of aromatic nitrogens is 1. The van der Waals surface area contributed by atoms with Gasteiger partial charge in [0.05, 0.1) is 0 Å². The van der Waals surface area contributed by atoms with Crippen LogP contribution in [0, 0.1) is 5.92 Å². The van der Waals surface area contributed by atoms with Gasteiger partial charge in [-0.1, -0.05) is 6.07 Å². The van der Waals surface area contributed by atoms with Gasteiger partial charge in [0.25, 0.3) is 0 Å². The summed E-state index contributed by atoms with van der Waals surface area (Å²) in [5, 5.41) is 3.29. The molecule has 6 heteroatoms. The number of hydrogen-bond acceptors (Lipinski definition) is 3. The number of carbonyl (C=O) groups excluding carboxylic acids is 1. The topological polar surface area (TPSA) is 45.2 Å². The van der Waals surface area contributed by atoms with Crippen molar-refractivity contribution in [3.05, 3.63) is 30.1 Å². The minimum atomic E-state index is 0. The Bertz CT molecular complexity index is 369. The van der Waals surface area contributed by atoms with Crippen LogP contribution in [0.2, 0.25) is 0 Å². The largest absolute Gasteiger partial charge is 0.341 e. The van der Waals surface area contributed by atoms with Crippen molar-refractivity contribution in [1.29, 1.82) is 0 Å². The Balaban J connectivity index is 0.00000162. The maximum Gasteiger partial charge on any atom is 0.222 e. The molecule has 1 aromatic heterocycles. The second kappa shape index (κ2) is 9.13. The first-order chi connectivity index (χ1) is 8.25. The summed E-state index contributed by atoms with van der Waals surface area (Å²) in [7, 11) is 1.86. The molecule has 1 aliphatic heterocycles. The summed E-state index contributed by atoms with van der Waals surface area (Å²) in [6.07, 6.45) is 5.33. The molecular formula is C13H21Cl2N3O. The zero-order valence-electron chi connectivity index (χ0n) is 11.0. The molecule has 0 saturated carbocycles. The lowest BCUT2D eigenvalue weighted by Gasteiger charge is -2.18. The molecule has 1 fully saturated rings. The number of nitrogens with zero attached hydrogens (tertiary/aromatic N) is 2. The number of carbonyl (C=O) groups is 1. The van der Waals surface area contributed by atoms with Crippen molar-refractivity contribution in [2.45, 2.75) is 19.4 Å². The van der Waals surface area contributed by atoms with E-state index < -0.39 is 0 Å². The first kappa shape index (κ1) is 18.2. The number of rotatable bonds is 4.